The number of rotatable bonds is 35. The summed E-state index contributed by atoms with van der Waals surface area (Å²) in [4.78, 5) is 24.9. The van der Waals surface area contributed by atoms with E-state index in [0.29, 0.717) is 23.9 Å². The van der Waals surface area contributed by atoms with Gasteiger partial charge in [-0.05, 0) is 64.2 Å². The minimum Gasteiger partial charge on any atom is -0.756 e. The lowest BCUT2D eigenvalue weighted by molar-refractivity contribution is -0.870. The fraction of sp³-hybridized carbons (Fsp3) is 0.698. The summed E-state index contributed by atoms with van der Waals surface area (Å²) in [6, 6.07) is -0.804. The van der Waals surface area contributed by atoms with Crippen molar-refractivity contribution >= 4 is 13.7 Å². The normalized spacial score (nSPS) is 15.3. The van der Waals surface area contributed by atoms with E-state index in [0.717, 1.165) is 83.5 Å². The van der Waals surface area contributed by atoms with Crippen molar-refractivity contribution in [3.63, 3.8) is 0 Å². The highest BCUT2D eigenvalue weighted by molar-refractivity contribution is 7.45. The highest BCUT2D eigenvalue weighted by atomic mass is 31.2. The average molecular weight is 749 g/mol. The summed E-state index contributed by atoms with van der Waals surface area (Å²) in [5.74, 6) is -0.191. The monoisotopic (exact) mass is 749 g/mol. The number of allylic oxidation sites excluding steroid dienone is 12. The molecule has 0 aromatic carbocycles. The van der Waals surface area contributed by atoms with Crippen LogP contribution in [0.5, 0.6) is 0 Å². The number of unbranched alkanes of at least 4 members (excludes halogenated alkanes) is 10. The van der Waals surface area contributed by atoms with Gasteiger partial charge in [-0.3, -0.25) is 9.36 Å². The van der Waals surface area contributed by atoms with E-state index >= 15 is 0 Å². The Labute approximate surface area is 319 Å². The summed E-state index contributed by atoms with van der Waals surface area (Å²) in [7, 11) is 1.27. The van der Waals surface area contributed by atoms with E-state index in [1.54, 1.807) is 0 Å². The van der Waals surface area contributed by atoms with Gasteiger partial charge in [0.15, 0.2) is 0 Å². The van der Waals surface area contributed by atoms with Gasteiger partial charge in [0.25, 0.3) is 7.82 Å². The maximum absolute atomic E-state index is 12.7. The molecule has 0 saturated carbocycles. The van der Waals surface area contributed by atoms with Gasteiger partial charge in [-0.25, -0.2) is 0 Å². The molecular formula is C43H77N2O6P. The molecule has 52 heavy (non-hydrogen) atoms. The number of nitrogens with one attached hydrogen (secondary N) is 1. The molecule has 0 aliphatic heterocycles. The summed E-state index contributed by atoms with van der Waals surface area (Å²) in [6.45, 7) is 4.39. The molecule has 0 aromatic rings. The minimum absolute atomic E-state index is 0.00464. The van der Waals surface area contributed by atoms with Crippen molar-refractivity contribution in [2.45, 2.75) is 154 Å². The first kappa shape index (κ1) is 49.9. The standard InChI is InChI=1S/C43H77N2O6P/c1-6-8-10-11-12-13-14-15-16-17-18-19-20-21-22-23-24-25-26-27-28-29-30-31-32-33-35-37-43(47)44-41(42(46)36-34-9-7-2)40-51-52(48,49)50-39-38-45(3,4)5/h8,10,12-13,15-16,18-19,21-22,24-25,41-42,46H,6-7,9,11,14,17,20,23,26-40H2,1-5H3,(H-,44,47,48,49)/b10-8-,13-12-,16-15-,19-18-,22-21-,25-24-. The van der Waals surface area contributed by atoms with Crippen LogP contribution in [0.2, 0.25) is 0 Å². The van der Waals surface area contributed by atoms with Gasteiger partial charge in [0.1, 0.15) is 13.2 Å². The van der Waals surface area contributed by atoms with E-state index in [2.05, 4.69) is 92.1 Å². The van der Waals surface area contributed by atoms with E-state index in [-0.39, 0.29) is 19.1 Å². The van der Waals surface area contributed by atoms with Crippen molar-refractivity contribution in [2.75, 3.05) is 40.9 Å². The quantitative estimate of drug-likeness (QED) is 0.0289. The van der Waals surface area contributed by atoms with E-state index in [9.17, 15) is 19.4 Å². The van der Waals surface area contributed by atoms with Gasteiger partial charge in [-0.15, -0.1) is 0 Å². The molecule has 0 bridgehead atoms. The smallest absolute Gasteiger partial charge is 0.268 e. The fourth-order valence-electron chi connectivity index (χ4n) is 5.22. The summed E-state index contributed by atoms with van der Waals surface area (Å²) in [5.41, 5.74) is 0. The molecule has 9 heteroatoms. The van der Waals surface area contributed by atoms with Crippen LogP contribution in [0.3, 0.4) is 0 Å². The van der Waals surface area contributed by atoms with Crippen LogP contribution in [0.15, 0.2) is 72.9 Å². The second-order valence-corrected chi connectivity index (χ2v) is 16.0. The molecule has 300 valence electrons. The van der Waals surface area contributed by atoms with Crippen molar-refractivity contribution in [3.05, 3.63) is 72.9 Å². The number of aliphatic hydroxyl groups excluding tert-OH is 1. The van der Waals surface area contributed by atoms with E-state index < -0.39 is 20.0 Å². The molecule has 0 heterocycles. The van der Waals surface area contributed by atoms with Crippen LogP contribution in [0.1, 0.15) is 142 Å². The van der Waals surface area contributed by atoms with Crippen LogP contribution >= 0.6 is 7.82 Å². The molecule has 0 fully saturated rings. The van der Waals surface area contributed by atoms with Crippen molar-refractivity contribution in [2.24, 2.45) is 0 Å². The Bertz CT molecular complexity index is 1080. The van der Waals surface area contributed by atoms with Crippen molar-refractivity contribution < 1.29 is 32.9 Å². The number of phosphoric acid groups is 1. The summed E-state index contributed by atoms with van der Waals surface area (Å²) < 4.78 is 22.9. The Morgan fingerprint density at radius 1 is 0.692 bits per heavy atom. The second-order valence-electron chi connectivity index (χ2n) is 14.6. The Morgan fingerprint density at radius 3 is 1.67 bits per heavy atom. The van der Waals surface area contributed by atoms with Crippen LogP contribution in [0.4, 0.5) is 0 Å². The number of hydrogen-bond acceptors (Lipinski definition) is 6. The van der Waals surface area contributed by atoms with Gasteiger partial charge in [0.2, 0.25) is 5.91 Å². The van der Waals surface area contributed by atoms with Gasteiger partial charge in [-0.2, -0.15) is 0 Å². The minimum atomic E-state index is -4.54. The lowest BCUT2D eigenvalue weighted by Gasteiger charge is -2.30. The molecule has 0 spiro atoms. The molecule has 2 N–H and O–H groups in total. The number of carbonyl (C=O) groups excluding carboxylic acids is 1. The lowest BCUT2D eigenvalue weighted by Crippen LogP contribution is -2.46. The number of amides is 1. The molecule has 3 atom stereocenters. The van der Waals surface area contributed by atoms with E-state index in [1.807, 2.05) is 21.1 Å². The van der Waals surface area contributed by atoms with Gasteiger partial charge in [0.05, 0.1) is 39.9 Å². The number of hydrogen-bond donors (Lipinski definition) is 2. The first-order chi connectivity index (χ1) is 25.0. The van der Waals surface area contributed by atoms with Crippen molar-refractivity contribution in [1.29, 1.82) is 0 Å². The van der Waals surface area contributed by atoms with Crippen LogP contribution in [-0.2, 0) is 18.4 Å². The van der Waals surface area contributed by atoms with Gasteiger partial charge in [0, 0.05) is 6.42 Å². The molecule has 0 rings (SSSR count). The molecule has 0 radical (unpaired) electrons. The molecule has 0 aliphatic rings. The van der Waals surface area contributed by atoms with Crippen LogP contribution in [0.25, 0.3) is 0 Å². The Hall–Kier alpha value is -2.06. The fourth-order valence-corrected chi connectivity index (χ4v) is 5.94. The predicted octanol–water partition coefficient (Wildman–Crippen LogP) is 10.2. The summed E-state index contributed by atoms with van der Waals surface area (Å²) in [6.07, 6.45) is 45.6. The zero-order valence-electron chi connectivity index (χ0n) is 33.7. The summed E-state index contributed by atoms with van der Waals surface area (Å²) >= 11 is 0. The first-order valence-corrected chi connectivity index (χ1v) is 21.7. The average Bonchev–Trinajstić information content (AvgIpc) is 3.09. The maximum atomic E-state index is 12.7. The van der Waals surface area contributed by atoms with Crippen molar-refractivity contribution in [1.82, 2.24) is 5.32 Å². The predicted molar refractivity (Wildman–Crippen MR) is 219 cm³/mol. The van der Waals surface area contributed by atoms with E-state index in [4.69, 9.17) is 9.05 Å². The third-order valence-electron chi connectivity index (χ3n) is 8.46. The van der Waals surface area contributed by atoms with E-state index in [1.165, 1.54) is 32.1 Å². The van der Waals surface area contributed by atoms with Gasteiger partial charge >= 0.3 is 0 Å². The SMILES string of the molecule is CC/C=C\C/C=C\C/C=C\C/C=C\C/C=C\C/C=C\CCCCCCCCCCC(=O)NC(COP(=O)([O-])OCC[N+](C)(C)C)C(O)CCCCC. The molecule has 0 aliphatic carbocycles. The van der Waals surface area contributed by atoms with Crippen LogP contribution in [0, 0.1) is 0 Å². The molecule has 3 unspecified atom stereocenters. The molecular weight excluding hydrogens is 671 g/mol. The highest BCUT2D eigenvalue weighted by Crippen LogP contribution is 2.38. The topological polar surface area (TPSA) is 108 Å². The number of phosphoric ester groups is 1. The first-order valence-electron chi connectivity index (χ1n) is 20.3. The van der Waals surface area contributed by atoms with Crippen molar-refractivity contribution in [3.8, 4) is 0 Å². The Kier molecular flexibility index (Phi) is 33.3. The third kappa shape index (κ3) is 36.3. The summed E-state index contributed by atoms with van der Waals surface area (Å²) in [5, 5.41) is 13.5. The van der Waals surface area contributed by atoms with Gasteiger partial charge < -0.3 is 28.8 Å². The lowest BCUT2D eigenvalue weighted by atomic mass is 10.0. The molecule has 0 saturated heterocycles. The molecule has 0 aromatic heterocycles. The largest absolute Gasteiger partial charge is 0.756 e. The van der Waals surface area contributed by atoms with Crippen LogP contribution in [-0.4, -0.2) is 68.5 Å². The van der Waals surface area contributed by atoms with Gasteiger partial charge in [-0.1, -0.05) is 145 Å². The molecule has 1 amide bonds. The van der Waals surface area contributed by atoms with Crippen LogP contribution < -0.4 is 10.2 Å². The number of quaternary nitrogens is 1. The Balaban J connectivity index is 4.00. The maximum Gasteiger partial charge on any atom is 0.268 e. The zero-order chi connectivity index (χ0) is 38.6. The highest BCUT2D eigenvalue weighted by Gasteiger charge is 2.24. The molecule has 8 nitrogen and oxygen atoms in total. The number of carbonyl (C=O) groups is 1. The zero-order valence-corrected chi connectivity index (χ0v) is 34.6. The number of likely N-dealkylation sites (N-methyl/N-ethyl adjacent to an activating group) is 1. The third-order valence-corrected chi connectivity index (χ3v) is 9.42. The number of aliphatic hydroxyl groups is 1. The number of nitrogens with zero attached hydrogens (tertiary/aromatic N) is 1. The second kappa shape index (κ2) is 34.7. The Morgan fingerprint density at radius 2 is 1.17 bits per heavy atom.